The molecule has 1 aliphatic heterocycles. The number of aromatic nitrogens is 4. The van der Waals surface area contributed by atoms with E-state index in [2.05, 4.69) is 28.1 Å². The van der Waals surface area contributed by atoms with Crippen molar-refractivity contribution in [2.75, 3.05) is 5.73 Å². The lowest BCUT2D eigenvalue weighted by atomic mass is 9.94. The fourth-order valence-electron chi connectivity index (χ4n) is 3.16. The van der Waals surface area contributed by atoms with Crippen LogP contribution in [0.25, 0.3) is 11.2 Å². The minimum Gasteiger partial charge on any atom is -0.387 e. The lowest BCUT2D eigenvalue weighted by Crippen LogP contribution is -2.46. The highest BCUT2D eigenvalue weighted by Gasteiger charge is 2.56. The second-order valence-corrected chi connectivity index (χ2v) is 11.5. The first-order valence-electron chi connectivity index (χ1n) is 8.74. The molecule has 18 nitrogen and oxygen atoms in total. The molecular weight excluding hydrogens is 515 g/mol. The van der Waals surface area contributed by atoms with E-state index in [4.69, 9.17) is 20.3 Å². The van der Waals surface area contributed by atoms with Gasteiger partial charge in [-0.2, -0.15) is 8.62 Å². The number of fused-ring (bicyclic) bond motifs is 1. The molecule has 186 valence electrons. The molecule has 2 aromatic rings. The van der Waals surface area contributed by atoms with E-state index >= 15 is 0 Å². The number of ether oxygens (including phenoxy) is 1. The largest absolute Gasteiger partial charge is 0.490 e. The summed E-state index contributed by atoms with van der Waals surface area (Å²) in [5, 5.41) is 21.4. The first-order valence-corrected chi connectivity index (χ1v) is 13.3. The number of nitrogens with two attached hydrogens (primary N) is 1. The van der Waals surface area contributed by atoms with Crippen molar-refractivity contribution in [1.29, 1.82) is 0 Å². The number of nitrogens with zero attached hydrogens (tertiary/aromatic N) is 4. The van der Waals surface area contributed by atoms with E-state index in [0.29, 0.717) is 0 Å². The van der Waals surface area contributed by atoms with Gasteiger partial charge in [0.2, 0.25) is 0 Å². The molecule has 0 radical (unpaired) electrons. The molecule has 0 saturated carbocycles. The third kappa shape index (κ3) is 5.66. The number of phosphoric acid groups is 3. The lowest BCUT2D eigenvalue weighted by molar-refractivity contribution is -0.0981. The third-order valence-electron chi connectivity index (χ3n) is 4.51. The van der Waals surface area contributed by atoms with Crippen LogP contribution < -0.4 is 5.73 Å². The molecule has 0 aromatic carbocycles. The van der Waals surface area contributed by atoms with E-state index in [1.807, 2.05) is 0 Å². The highest BCUT2D eigenvalue weighted by Crippen LogP contribution is 2.66. The molecule has 8 N–H and O–H groups in total. The van der Waals surface area contributed by atoms with Crippen molar-refractivity contribution in [3.05, 3.63) is 12.7 Å². The minimum atomic E-state index is -5.74. The molecule has 21 heteroatoms. The number of phosphoric ester groups is 1. The maximum atomic E-state index is 12.1. The number of nitrogen functional groups attached to an aromatic ring is 1. The van der Waals surface area contributed by atoms with E-state index in [-0.39, 0.29) is 17.0 Å². The molecule has 0 bridgehead atoms. The van der Waals surface area contributed by atoms with E-state index in [9.17, 15) is 33.7 Å². The summed E-state index contributed by atoms with van der Waals surface area (Å²) in [4.78, 5) is 47.9. The zero-order chi connectivity index (χ0) is 25.0. The Morgan fingerprint density at radius 1 is 1.15 bits per heavy atom. The van der Waals surface area contributed by atoms with Gasteiger partial charge in [-0.25, -0.2) is 28.6 Å². The summed E-state index contributed by atoms with van der Waals surface area (Å²) in [6.45, 7) is 2.28. The number of hydrogen-bond acceptors (Lipinski definition) is 13. The smallest absolute Gasteiger partial charge is 0.387 e. The Morgan fingerprint density at radius 2 is 1.79 bits per heavy atom. The predicted molar refractivity (Wildman–Crippen MR) is 105 cm³/mol. The zero-order valence-electron chi connectivity index (χ0n) is 16.7. The van der Waals surface area contributed by atoms with Gasteiger partial charge in [0.15, 0.2) is 17.7 Å². The monoisotopic (exact) mass is 535 g/mol. The highest BCUT2D eigenvalue weighted by molar-refractivity contribution is 7.66. The van der Waals surface area contributed by atoms with Gasteiger partial charge in [0, 0.05) is 0 Å². The Bertz CT molecular complexity index is 1180. The maximum absolute atomic E-state index is 12.1. The molecule has 2 aromatic heterocycles. The Balaban J connectivity index is 1.81. The summed E-state index contributed by atoms with van der Waals surface area (Å²) in [7, 11) is -16.8. The highest BCUT2D eigenvalue weighted by atomic mass is 31.3. The predicted octanol–water partition coefficient (Wildman–Crippen LogP) is -0.850. The van der Waals surface area contributed by atoms with Crippen molar-refractivity contribution < 1.29 is 61.4 Å². The van der Waals surface area contributed by atoms with E-state index in [1.54, 1.807) is 0 Å². The average Bonchev–Trinajstić information content (AvgIpc) is 3.11. The first kappa shape index (κ1) is 26.2. The van der Waals surface area contributed by atoms with Crippen LogP contribution in [0.4, 0.5) is 5.82 Å². The Morgan fingerprint density at radius 3 is 2.39 bits per heavy atom. The van der Waals surface area contributed by atoms with Gasteiger partial charge in [0.05, 0.1) is 12.4 Å². The van der Waals surface area contributed by atoms with Gasteiger partial charge < -0.3 is 40.3 Å². The van der Waals surface area contributed by atoms with Gasteiger partial charge in [-0.15, -0.1) is 0 Å². The number of imidazole rings is 1. The average molecular weight is 535 g/mol. The summed E-state index contributed by atoms with van der Waals surface area (Å²) in [5.41, 5.74) is 4.00. The summed E-state index contributed by atoms with van der Waals surface area (Å²) < 4.78 is 53.1. The number of aliphatic hydroxyl groups excluding tert-OH is 1. The number of rotatable bonds is 8. The summed E-state index contributed by atoms with van der Waals surface area (Å²) in [5.74, 6) is 0.0366. The molecule has 3 rings (SSSR count). The SMILES string of the molecule is C[C@H](OP(=O)(O)OP(=O)(O)OP(=O)(O)O)C1OC(n2cnc3c(N)ncnc32)[C@](C)(O)C1O. The standard InChI is InChI=1S/C12H20N5O13P3/c1-5(28-32(23,24)30-33(25,26)29-31(20,21)22)7-8(18)12(2,19)11(27-7)17-4-16-6-9(13)14-3-15-10(6)17/h3-5,7-8,11,18-19H,1-2H3,(H,23,24)(H,25,26)(H2,13,14,15)(H2,20,21,22)/t5-,7?,8?,11?,12+/m0/s1. The Kier molecular flexibility index (Phi) is 6.92. The van der Waals surface area contributed by atoms with Gasteiger partial charge in [-0.05, 0) is 13.8 Å². The molecule has 0 aliphatic carbocycles. The van der Waals surface area contributed by atoms with Crippen LogP contribution in [-0.2, 0) is 31.6 Å². The number of aliphatic hydroxyl groups is 2. The molecule has 5 unspecified atom stereocenters. The van der Waals surface area contributed by atoms with Gasteiger partial charge in [-0.3, -0.25) is 9.09 Å². The van der Waals surface area contributed by atoms with Crippen molar-refractivity contribution in [2.24, 2.45) is 0 Å². The van der Waals surface area contributed by atoms with Gasteiger partial charge >= 0.3 is 23.5 Å². The normalized spacial score (nSPS) is 30.7. The molecule has 3 heterocycles. The fourth-order valence-corrected chi connectivity index (χ4v) is 6.37. The molecule has 0 spiro atoms. The van der Waals surface area contributed by atoms with Gasteiger partial charge in [0.25, 0.3) is 0 Å². The molecule has 1 fully saturated rings. The van der Waals surface area contributed by atoms with Crippen LogP contribution in [0.2, 0.25) is 0 Å². The summed E-state index contributed by atoms with van der Waals surface area (Å²) in [6.07, 6.45) is -3.88. The lowest BCUT2D eigenvalue weighted by Gasteiger charge is -2.28. The van der Waals surface area contributed by atoms with Crippen LogP contribution in [0, 0.1) is 0 Å². The summed E-state index contributed by atoms with van der Waals surface area (Å²) >= 11 is 0. The van der Waals surface area contributed by atoms with Crippen LogP contribution in [0.5, 0.6) is 0 Å². The molecule has 33 heavy (non-hydrogen) atoms. The topological polar surface area (TPSA) is 279 Å². The van der Waals surface area contributed by atoms with Crippen molar-refractivity contribution in [1.82, 2.24) is 19.5 Å². The van der Waals surface area contributed by atoms with Crippen molar-refractivity contribution in [3.8, 4) is 0 Å². The Labute approximate surface area is 184 Å². The van der Waals surface area contributed by atoms with Crippen LogP contribution in [-0.4, -0.2) is 73.2 Å². The second-order valence-electron chi connectivity index (χ2n) is 7.11. The molecule has 1 saturated heterocycles. The van der Waals surface area contributed by atoms with E-state index in [1.165, 1.54) is 17.8 Å². The molecular formula is C12H20N5O13P3. The second kappa shape index (κ2) is 8.70. The molecule has 0 amide bonds. The maximum Gasteiger partial charge on any atom is 0.490 e. The number of anilines is 1. The first-order chi connectivity index (χ1) is 14.9. The minimum absolute atomic E-state index is 0.0366. The third-order valence-corrected chi connectivity index (χ3v) is 8.44. The zero-order valence-corrected chi connectivity index (χ0v) is 19.4. The number of hydrogen-bond donors (Lipinski definition) is 7. The van der Waals surface area contributed by atoms with Crippen LogP contribution in [0.15, 0.2) is 12.7 Å². The van der Waals surface area contributed by atoms with Crippen LogP contribution in [0.3, 0.4) is 0 Å². The molecule has 1 aliphatic rings. The summed E-state index contributed by atoms with van der Waals surface area (Å²) in [6, 6.07) is 0. The van der Waals surface area contributed by atoms with E-state index < -0.39 is 53.6 Å². The van der Waals surface area contributed by atoms with Gasteiger partial charge in [-0.1, -0.05) is 0 Å². The molecule has 7 atom stereocenters. The van der Waals surface area contributed by atoms with E-state index in [0.717, 1.165) is 13.3 Å². The quantitative estimate of drug-likeness (QED) is 0.203. The van der Waals surface area contributed by atoms with Crippen LogP contribution >= 0.6 is 23.5 Å². The Hall–Kier alpha value is -1.36. The van der Waals surface area contributed by atoms with Crippen molar-refractivity contribution in [3.63, 3.8) is 0 Å². The van der Waals surface area contributed by atoms with Crippen LogP contribution in [0.1, 0.15) is 20.1 Å². The van der Waals surface area contributed by atoms with Crippen molar-refractivity contribution in [2.45, 2.75) is 44.0 Å². The van der Waals surface area contributed by atoms with Gasteiger partial charge in [0.1, 0.15) is 29.7 Å². The van der Waals surface area contributed by atoms with Crippen molar-refractivity contribution >= 4 is 40.4 Å². The fraction of sp³-hybridized carbons (Fsp3) is 0.583.